The summed E-state index contributed by atoms with van der Waals surface area (Å²) in [5.74, 6) is 0. The highest BCUT2D eigenvalue weighted by Gasteiger charge is 2.22. The number of anilines is 1. The molecule has 3 nitrogen and oxygen atoms in total. The van der Waals surface area contributed by atoms with E-state index in [4.69, 9.17) is 0 Å². The molecular weight excluding hydrogens is 260 g/mol. The minimum absolute atomic E-state index is 0.127. The van der Waals surface area contributed by atoms with Gasteiger partial charge in [0.1, 0.15) is 0 Å². The summed E-state index contributed by atoms with van der Waals surface area (Å²) in [6.07, 6.45) is 1.83. The summed E-state index contributed by atoms with van der Waals surface area (Å²) in [7, 11) is 0. The second-order valence-corrected chi connectivity index (χ2v) is 5.85. The molecule has 0 aliphatic heterocycles. The summed E-state index contributed by atoms with van der Waals surface area (Å²) in [6.45, 7) is 4.06. The van der Waals surface area contributed by atoms with E-state index in [0.717, 1.165) is 29.7 Å². The lowest BCUT2D eigenvalue weighted by molar-refractivity contribution is 0.249. The highest BCUT2D eigenvalue weighted by Crippen LogP contribution is 2.21. The van der Waals surface area contributed by atoms with E-state index >= 15 is 0 Å². The maximum Gasteiger partial charge on any atom is 0.319 e. The van der Waals surface area contributed by atoms with Crippen molar-refractivity contribution >= 4 is 11.7 Å². The third-order valence-corrected chi connectivity index (χ3v) is 3.87. The molecule has 0 unspecified atom stereocenters. The summed E-state index contributed by atoms with van der Waals surface area (Å²) in [5.41, 5.74) is 5.83. The van der Waals surface area contributed by atoms with Gasteiger partial charge in [-0.15, -0.1) is 0 Å². The lowest BCUT2D eigenvalue weighted by Gasteiger charge is -2.14. The molecule has 3 heteroatoms. The van der Waals surface area contributed by atoms with E-state index in [2.05, 4.69) is 41.0 Å². The van der Waals surface area contributed by atoms with Gasteiger partial charge in [-0.1, -0.05) is 30.3 Å². The molecule has 2 N–H and O–H groups in total. The molecule has 2 aromatic rings. The quantitative estimate of drug-likeness (QED) is 0.867. The number of benzene rings is 2. The second kappa shape index (κ2) is 5.60. The van der Waals surface area contributed by atoms with Crippen LogP contribution in [0.25, 0.3) is 0 Å². The van der Waals surface area contributed by atoms with E-state index < -0.39 is 0 Å². The molecule has 3 rings (SSSR count). The lowest BCUT2D eigenvalue weighted by Crippen LogP contribution is -2.38. The number of amides is 2. The van der Waals surface area contributed by atoms with E-state index in [9.17, 15) is 4.79 Å². The van der Waals surface area contributed by atoms with Crippen LogP contribution in [0.4, 0.5) is 10.5 Å². The normalized spacial score (nSPS) is 13.8. The van der Waals surface area contributed by atoms with Gasteiger partial charge < -0.3 is 10.6 Å². The molecule has 0 radical (unpaired) electrons. The Morgan fingerprint density at radius 3 is 2.14 bits per heavy atom. The molecule has 0 saturated heterocycles. The Kier molecular flexibility index (Phi) is 3.65. The summed E-state index contributed by atoms with van der Waals surface area (Å²) in [5, 5.41) is 5.99. The molecule has 108 valence electrons. The Bertz CT molecular complexity index is 633. The summed E-state index contributed by atoms with van der Waals surface area (Å²) in [4.78, 5) is 12.1. The molecule has 0 atom stereocenters. The number of carbonyl (C=O) groups excluding carboxylic acids is 1. The number of hydrogen-bond acceptors (Lipinski definition) is 1. The van der Waals surface area contributed by atoms with Crippen molar-refractivity contribution in [1.29, 1.82) is 0 Å². The third kappa shape index (κ3) is 3.24. The fourth-order valence-corrected chi connectivity index (χ4v) is 3.06. The first-order valence-electron chi connectivity index (χ1n) is 7.33. The van der Waals surface area contributed by atoms with E-state index in [1.165, 1.54) is 11.1 Å². The van der Waals surface area contributed by atoms with Gasteiger partial charge in [-0.05, 0) is 61.1 Å². The minimum Gasteiger partial charge on any atom is -0.334 e. The molecular formula is C18H20N2O. The van der Waals surface area contributed by atoms with Gasteiger partial charge in [0.05, 0.1) is 0 Å². The van der Waals surface area contributed by atoms with Crippen LogP contribution in [0.5, 0.6) is 0 Å². The SMILES string of the molecule is Cc1cc(C)cc(NC(=O)NC2Cc3ccccc3C2)c1. The molecule has 0 spiro atoms. The molecule has 1 aliphatic rings. The van der Waals surface area contributed by atoms with Crippen molar-refractivity contribution in [2.45, 2.75) is 32.7 Å². The van der Waals surface area contributed by atoms with Crippen molar-refractivity contribution in [3.8, 4) is 0 Å². The van der Waals surface area contributed by atoms with Crippen molar-refractivity contribution in [3.05, 3.63) is 64.7 Å². The van der Waals surface area contributed by atoms with E-state index in [1.54, 1.807) is 0 Å². The fraction of sp³-hybridized carbons (Fsp3) is 0.278. The average molecular weight is 280 g/mol. The highest BCUT2D eigenvalue weighted by atomic mass is 16.2. The van der Waals surface area contributed by atoms with Gasteiger partial charge in [0.25, 0.3) is 0 Å². The van der Waals surface area contributed by atoms with Crippen LogP contribution >= 0.6 is 0 Å². The molecule has 2 amide bonds. The maximum absolute atomic E-state index is 12.1. The van der Waals surface area contributed by atoms with Crippen LogP contribution in [-0.2, 0) is 12.8 Å². The van der Waals surface area contributed by atoms with Gasteiger partial charge in [-0.25, -0.2) is 4.79 Å². The Morgan fingerprint density at radius 1 is 1.00 bits per heavy atom. The van der Waals surface area contributed by atoms with Crippen molar-refractivity contribution in [2.75, 3.05) is 5.32 Å². The van der Waals surface area contributed by atoms with E-state index in [0.29, 0.717) is 0 Å². The standard InChI is InChI=1S/C18H20N2O/c1-12-7-13(2)9-16(8-12)19-18(21)20-17-10-14-5-3-4-6-15(14)11-17/h3-9,17H,10-11H2,1-2H3,(H2,19,20,21). The van der Waals surface area contributed by atoms with Gasteiger partial charge in [-0.2, -0.15) is 0 Å². The zero-order valence-electron chi connectivity index (χ0n) is 12.4. The van der Waals surface area contributed by atoms with Gasteiger partial charge in [0.15, 0.2) is 0 Å². The van der Waals surface area contributed by atoms with Crippen LogP contribution in [-0.4, -0.2) is 12.1 Å². The molecule has 0 heterocycles. The first-order valence-corrected chi connectivity index (χ1v) is 7.33. The van der Waals surface area contributed by atoms with Gasteiger partial charge in [0.2, 0.25) is 0 Å². The van der Waals surface area contributed by atoms with Gasteiger partial charge in [0, 0.05) is 11.7 Å². The first kappa shape index (κ1) is 13.7. The average Bonchev–Trinajstić information content (AvgIpc) is 2.78. The van der Waals surface area contributed by atoms with Crippen molar-refractivity contribution in [2.24, 2.45) is 0 Å². The second-order valence-electron chi connectivity index (χ2n) is 5.85. The number of hydrogen-bond donors (Lipinski definition) is 2. The summed E-state index contributed by atoms with van der Waals surface area (Å²) >= 11 is 0. The summed E-state index contributed by atoms with van der Waals surface area (Å²) < 4.78 is 0. The highest BCUT2D eigenvalue weighted by molar-refractivity contribution is 5.89. The predicted molar refractivity (Wildman–Crippen MR) is 85.7 cm³/mol. The monoisotopic (exact) mass is 280 g/mol. The lowest BCUT2D eigenvalue weighted by atomic mass is 10.1. The Labute approximate surface area is 125 Å². The number of aryl methyl sites for hydroxylation is 2. The fourth-order valence-electron chi connectivity index (χ4n) is 3.06. The minimum atomic E-state index is -0.127. The van der Waals surface area contributed by atoms with Crippen LogP contribution in [0.15, 0.2) is 42.5 Å². The number of nitrogens with one attached hydrogen (secondary N) is 2. The number of fused-ring (bicyclic) bond motifs is 1. The van der Waals surface area contributed by atoms with E-state index in [1.807, 2.05) is 26.0 Å². The topological polar surface area (TPSA) is 41.1 Å². The predicted octanol–water partition coefficient (Wildman–Crippen LogP) is 3.59. The Balaban J connectivity index is 1.61. The molecule has 21 heavy (non-hydrogen) atoms. The molecule has 0 bridgehead atoms. The number of rotatable bonds is 2. The van der Waals surface area contributed by atoms with Crippen molar-refractivity contribution in [1.82, 2.24) is 5.32 Å². The van der Waals surface area contributed by atoms with Crippen molar-refractivity contribution < 1.29 is 4.79 Å². The van der Waals surface area contributed by atoms with Gasteiger partial charge in [-0.3, -0.25) is 0 Å². The van der Waals surface area contributed by atoms with Gasteiger partial charge >= 0.3 is 6.03 Å². The van der Waals surface area contributed by atoms with Crippen LogP contribution in [0, 0.1) is 13.8 Å². The Hall–Kier alpha value is -2.29. The van der Waals surface area contributed by atoms with Crippen LogP contribution in [0.3, 0.4) is 0 Å². The zero-order valence-corrected chi connectivity index (χ0v) is 12.4. The van der Waals surface area contributed by atoms with Crippen LogP contribution in [0.2, 0.25) is 0 Å². The van der Waals surface area contributed by atoms with Crippen LogP contribution in [0.1, 0.15) is 22.3 Å². The summed E-state index contributed by atoms with van der Waals surface area (Å²) in [6, 6.07) is 14.5. The van der Waals surface area contributed by atoms with Crippen molar-refractivity contribution in [3.63, 3.8) is 0 Å². The molecule has 1 aliphatic carbocycles. The third-order valence-electron chi connectivity index (χ3n) is 3.87. The largest absolute Gasteiger partial charge is 0.334 e. The zero-order chi connectivity index (χ0) is 14.8. The van der Waals surface area contributed by atoms with E-state index in [-0.39, 0.29) is 12.1 Å². The first-order chi connectivity index (χ1) is 10.1. The Morgan fingerprint density at radius 2 is 1.57 bits per heavy atom. The van der Waals surface area contributed by atoms with Crippen LogP contribution < -0.4 is 10.6 Å². The maximum atomic E-state index is 12.1. The number of carbonyl (C=O) groups is 1. The molecule has 0 saturated carbocycles. The number of urea groups is 1. The smallest absolute Gasteiger partial charge is 0.319 e. The molecule has 2 aromatic carbocycles. The molecule has 0 fully saturated rings. The molecule has 0 aromatic heterocycles.